The van der Waals surface area contributed by atoms with Gasteiger partial charge in [0.2, 0.25) is 11.7 Å². The molecule has 3 aromatic rings. The van der Waals surface area contributed by atoms with E-state index in [2.05, 4.69) is 5.32 Å². The first kappa shape index (κ1) is 16.0. The second-order valence-corrected chi connectivity index (χ2v) is 7.14. The first-order chi connectivity index (χ1) is 12.2. The zero-order valence-electron chi connectivity index (χ0n) is 13.5. The number of thioether (sulfide) groups is 1. The lowest BCUT2D eigenvalue weighted by Gasteiger charge is -2.06. The first-order valence-corrected chi connectivity index (χ1v) is 9.24. The lowest BCUT2D eigenvalue weighted by Crippen LogP contribution is -2.16. The minimum atomic E-state index is -0.148. The Morgan fingerprint density at radius 1 is 1.04 bits per heavy atom. The summed E-state index contributed by atoms with van der Waals surface area (Å²) in [6.07, 6.45) is 1.79. The highest BCUT2D eigenvalue weighted by Crippen LogP contribution is 2.38. The van der Waals surface area contributed by atoms with Crippen molar-refractivity contribution >= 4 is 40.1 Å². The van der Waals surface area contributed by atoms with Crippen molar-refractivity contribution < 1.29 is 14.0 Å². The van der Waals surface area contributed by atoms with Crippen LogP contribution >= 0.6 is 11.8 Å². The molecule has 4 nitrogen and oxygen atoms in total. The minimum absolute atomic E-state index is 0.0118. The molecular formula is C20H17NO3S. The lowest BCUT2D eigenvalue weighted by atomic mass is 10.1. The molecule has 0 spiro atoms. The molecule has 126 valence electrons. The standard InChI is InChI=1S/C20H17NO3S/c22-17(12-25-14-6-2-1-3-7-14)21-18-15-8-4-5-9-16(15)24-20(18)19(23)13-10-11-13/h1-9,13H,10-12H2,(H,21,22). The van der Waals surface area contributed by atoms with Crippen LogP contribution in [0.25, 0.3) is 11.0 Å². The molecule has 1 amide bonds. The van der Waals surface area contributed by atoms with Crippen molar-refractivity contribution in [3.8, 4) is 0 Å². The third kappa shape index (κ3) is 3.46. The Morgan fingerprint density at radius 2 is 1.76 bits per heavy atom. The van der Waals surface area contributed by atoms with Gasteiger partial charge < -0.3 is 9.73 Å². The van der Waals surface area contributed by atoms with E-state index in [-0.39, 0.29) is 29.1 Å². The van der Waals surface area contributed by atoms with Crippen molar-refractivity contribution in [3.05, 3.63) is 60.4 Å². The van der Waals surface area contributed by atoms with Crippen LogP contribution in [0.3, 0.4) is 0 Å². The summed E-state index contributed by atoms with van der Waals surface area (Å²) in [5.74, 6) is 0.435. The molecule has 1 aromatic heterocycles. The summed E-state index contributed by atoms with van der Waals surface area (Å²) in [5, 5.41) is 3.66. The molecule has 0 radical (unpaired) electrons. The molecule has 0 aliphatic heterocycles. The Balaban J connectivity index is 1.56. The molecule has 1 aliphatic rings. The highest BCUT2D eigenvalue weighted by Gasteiger charge is 2.35. The first-order valence-electron chi connectivity index (χ1n) is 8.26. The molecule has 2 aromatic carbocycles. The van der Waals surface area contributed by atoms with Crippen molar-refractivity contribution in [1.82, 2.24) is 0 Å². The van der Waals surface area contributed by atoms with E-state index in [0.29, 0.717) is 11.3 Å². The third-order valence-corrected chi connectivity index (χ3v) is 5.16. The molecule has 4 rings (SSSR count). The average Bonchev–Trinajstić information content (AvgIpc) is 3.43. The maximum atomic E-state index is 12.5. The Hall–Kier alpha value is -2.53. The summed E-state index contributed by atoms with van der Waals surface area (Å²) >= 11 is 1.46. The monoisotopic (exact) mass is 351 g/mol. The van der Waals surface area contributed by atoms with E-state index in [1.165, 1.54) is 11.8 Å². The number of benzene rings is 2. The number of ketones is 1. The van der Waals surface area contributed by atoms with E-state index in [1.54, 1.807) is 0 Å². The second kappa shape index (κ2) is 6.76. The maximum absolute atomic E-state index is 12.5. The molecule has 0 bridgehead atoms. The number of carbonyl (C=O) groups excluding carboxylic acids is 2. The van der Waals surface area contributed by atoms with Crippen LogP contribution < -0.4 is 5.32 Å². The molecule has 1 saturated carbocycles. The van der Waals surface area contributed by atoms with E-state index >= 15 is 0 Å². The van der Waals surface area contributed by atoms with Crippen LogP contribution in [0, 0.1) is 5.92 Å². The van der Waals surface area contributed by atoms with E-state index in [1.807, 2.05) is 54.6 Å². The Bertz CT molecular complexity index is 929. The predicted octanol–water partition coefficient (Wildman–Crippen LogP) is 4.76. The Morgan fingerprint density at radius 3 is 2.52 bits per heavy atom. The minimum Gasteiger partial charge on any atom is -0.451 e. The van der Waals surface area contributed by atoms with Crippen LogP contribution in [-0.2, 0) is 4.79 Å². The normalized spacial score (nSPS) is 13.8. The SMILES string of the molecule is O=C(CSc1ccccc1)Nc1c(C(=O)C2CC2)oc2ccccc12. The topological polar surface area (TPSA) is 59.3 Å². The van der Waals surface area contributed by atoms with Gasteiger partial charge in [-0.15, -0.1) is 11.8 Å². The molecular weight excluding hydrogens is 334 g/mol. The van der Waals surface area contributed by atoms with E-state index in [4.69, 9.17) is 4.42 Å². The lowest BCUT2D eigenvalue weighted by molar-refractivity contribution is -0.113. The summed E-state index contributed by atoms with van der Waals surface area (Å²) < 4.78 is 5.75. The van der Waals surface area contributed by atoms with Gasteiger partial charge in [0.25, 0.3) is 0 Å². The van der Waals surface area contributed by atoms with Gasteiger partial charge in [0, 0.05) is 16.2 Å². The molecule has 1 heterocycles. The van der Waals surface area contributed by atoms with Gasteiger partial charge in [-0.1, -0.05) is 30.3 Å². The van der Waals surface area contributed by atoms with Gasteiger partial charge in [-0.25, -0.2) is 0 Å². The number of anilines is 1. The van der Waals surface area contributed by atoms with Crippen LogP contribution in [-0.4, -0.2) is 17.4 Å². The third-order valence-electron chi connectivity index (χ3n) is 4.14. The number of nitrogens with one attached hydrogen (secondary N) is 1. The summed E-state index contributed by atoms with van der Waals surface area (Å²) in [7, 11) is 0. The largest absolute Gasteiger partial charge is 0.451 e. The zero-order valence-corrected chi connectivity index (χ0v) is 14.3. The van der Waals surface area contributed by atoms with E-state index < -0.39 is 0 Å². The molecule has 0 saturated heterocycles. The van der Waals surface area contributed by atoms with Gasteiger partial charge in [0.05, 0.1) is 11.4 Å². The van der Waals surface area contributed by atoms with E-state index in [0.717, 1.165) is 23.1 Å². The molecule has 5 heteroatoms. The Labute approximate surface area is 149 Å². The zero-order chi connectivity index (χ0) is 17.2. The van der Waals surface area contributed by atoms with Crippen molar-refractivity contribution in [2.24, 2.45) is 5.92 Å². The van der Waals surface area contributed by atoms with Crippen molar-refractivity contribution in [2.75, 3.05) is 11.1 Å². The summed E-state index contributed by atoms with van der Waals surface area (Å²) in [5.41, 5.74) is 1.13. The van der Waals surface area contributed by atoms with Gasteiger partial charge in [0.15, 0.2) is 5.76 Å². The molecule has 1 N–H and O–H groups in total. The van der Waals surface area contributed by atoms with Crippen LogP contribution in [0.5, 0.6) is 0 Å². The number of hydrogen-bond acceptors (Lipinski definition) is 4. The number of fused-ring (bicyclic) bond motifs is 1. The number of amides is 1. The average molecular weight is 351 g/mol. The number of rotatable bonds is 6. The van der Waals surface area contributed by atoms with Gasteiger partial charge in [-0.05, 0) is 37.1 Å². The molecule has 0 unspecified atom stereocenters. The highest BCUT2D eigenvalue weighted by molar-refractivity contribution is 8.00. The van der Waals surface area contributed by atoms with Crippen molar-refractivity contribution in [1.29, 1.82) is 0 Å². The highest BCUT2D eigenvalue weighted by atomic mass is 32.2. The van der Waals surface area contributed by atoms with Crippen LogP contribution in [0.2, 0.25) is 0 Å². The summed E-state index contributed by atoms with van der Waals surface area (Å²) in [4.78, 5) is 25.9. The van der Waals surface area contributed by atoms with Gasteiger partial charge in [-0.2, -0.15) is 0 Å². The van der Waals surface area contributed by atoms with Gasteiger partial charge >= 0.3 is 0 Å². The predicted molar refractivity (Wildman–Crippen MR) is 99.1 cm³/mol. The Kier molecular flexibility index (Phi) is 4.32. The summed E-state index contributed by atoms with van der Waals surface area (Å²) in [6, 6.07) is 17.2. The quantitative estimate of drug-likeness (QED) is 0.514. The fourth-order valence-electron chi connectivity index (χ4n) is 2.72. The fraction of sp³-hybridized carbons (Fsp3) is 0.200. The van der Waals surface area contributed by atoms with Crippen molar-refractivity contribution in [3.63, 3.8) is 0 Å². The van der Waals surface area contributed by atoms with Crippen LogP contribution in [0.1, 0.15) is 23.4 Å². The van der Waals surface area contributed by atoms with Crippen molar-refractivity contribution in [2.45, 2.75) is 17.7 Å². The molecule has 25 heavy (non-hydrogen) atoms. The smallest absolute Gasteiger partial charge is 0.234 e. The second-order valence-electron chi connectivity index (χ2n) is 6.09. The fourth-order valence-corrected chi connectivity index (χ4v) is 3.43. The number of hydrogen-bond donors (Lipinski definition) is 1. The maximum Gasteiger partial charge on any atom is 0.234 e. The molecule has 0 atom stereocenters. The van der Waals surface area contributed by atoms with Crippen LogP contribution in [0.4, 0.5) is 5.69 Å². The number of furan rings is 1. The van der Waals surface area contributed by atoms with Crippen LogP contribution in [0.15, 0.2) is 63.9 Å². The van der Waals surface area contributed by atoms with E-state index in [9.17, 15) is 9.59 Å². The molecule has 1 fully saturated rings. The number of Topliss-reactive ketones (excluding diaryl/α,β-unsaturated/α-hetero) is 1. The summed E-state index contributed by atoms with van der Waals surface area (Å²) in [6.45, 7) is 0. The number of para-hydroxylation sites is 1. The van der Waals surface area contributed by atoms with Gasteiger partial charge in [-0.3, -0.25) is 9.59 Å². The molecule has 1 aliphatic carbocycles. The van der Waals surface area contributed by atoms with Gasteiger partial charge in [0.1, 0.15) is 5.58 Å². The number of carbonyl (C=O) groups is 2.